The van der Waals surface area contributed by atoms with Crippen molar-refractivity contribution in [2.24, 2.45) is 0 Å². The van der Waals surface area contributed by atoms with Gasteiger partial charge in [-0.05, 0) is 81.4 Å². The van der Waals surface area contributed by atoms with Crippen LogP contribution in [-0.2, 0) is 0 Å². The molecule has 53 heavy (non-hydrogen) atoms. The molecule has 0 spiro atoms. The Bertz CT molecular complexity index is 3310. The highest BCUT2D eigenvalue weighted by Gasteiger charge is 2.25. The number of benzene rings is 9. The molecular formula is C50H30N2O. The van der Waals surface area contributed by atoms with Gasteiger partial charge in [0.15, 0.2) is 0 Å². The number of fused-ring (bicyclic) bond motifs is 10. The quantitative estimate of drug-likeness (QED) is 0.183. The average Bonchev–Trinajstić information content (AvgIpc) is 3.73. The highest BCUT2D eigenvalue weighted by atomic mass is 16.5. The largest absolute Gasteiger partial charge is 0.456 e. The van der Waals surface area contributed by atoms with E-state index in [9.17, 15) is 0 Å². The maximum absolute atomic E-state index is 6.71. The number of hydrogen-bond donors (Lipinski definition) is 0. The Morgan fingerprint density at radius 1 is 0.321 bits per heavy atom. The van der Waals surface area contributed by atoms with E-state index >= 15 is 0 Å². The molecule has 0 fully saturated rings. The van der Waals surface area contributed by atoms with Crippen LogP contribution >= 0.6 is 0 Å². The van der Waals surface area contributed by atoms with E-state index in [1.807, 2.05) is 6.07 Å². The number of nitrogens with zero attached hydrogens (tertiary/aromatic N) is 2. The number of ether oxygens (including phenoxy) is 1. The van der Waals surface area contributed by atoms with Gasteiger partial charge in [-0.2, -0.15) is 0 Å². The van der Waals surface area contributed by atoms with Gasteiger partial charge in [0.1, 0.15) is 11.5 Å². The van der Waals surface area contributed by atoms with Gasteiger partial charge in [0, 0.05) is 49.9 Å². The molecule has 3 heterocycles. The van der Waals surface area contributed by atoms with Crippen LogP contribution in [-0.4, -0.2) is 9.13 Å². The molecule has 0 atom stereocenters. The van der Waals surface area contributed by atoms with Crippen molar-refractivity contribution >= 4 is 65.2 Å². The van der Waals surface area contributed by atoms with E-state index in [1.165, 1.54) is 70.8 Å². The molecule has 0 bridgehead atoms. The molecule has 3 nitrogen and oxygen atoms in total. The minimum atomic E-state index is 0.894. The van der Waals surface area contributed by atoms with Crippen LogP contribution in [0.1, 0.15) is 0 Å². The maximum atomic E-state index is 6.71. The first kappa shape index (κ1) is 28.6. The van der Waals surface area contributed by atoms with E-state index < -0.39 is 0 Å². The lowest BCUT2D eigenvalue weighted by atomic mass is 9.92. The summed E-state index contributed by atoms with van der Waals surface area (Å²) in [5.41, 5.74) is 11.7. The van der Waals surface area contributed by atoms with Gasteiger partial charge in [0.2, 0.25) is 0 Å². The van der Waals surface area contributed by atoms with Crippen molar-refractivity contribution in [3.63, 3.8) is 0 Å². The summed E-state index contributed by atoms with van der Waals surface area (Å²) in [5.74, 6) is 1.79. The zero-order chi connectivity index (χ0) is 34.6. The summed E-state index contributed by atoms with van der Waals surface area (Å²) in [5, 5.41) is 9.78. The average molecular weight is 675 g/mol. The molecule has 0 unspecified atom stereocenters. The van der Waals surface area contributed by atoms with Crippen LogP contribution in [0.3, 0.4) is 0 Å². The summed E-state index contributed by atoms with van der Waals surface area (Å²) in [6.45, 7) is 0. The number of para-hydroxylation sites is 3. The molecule has 2 aromatic heterocycles. The predicted molar refractivity (Wildman–Crippen MR) is 221 cm³/mol. The fourth-order valence-electron chi connectivity index (χ4n) is 8.93. The Morgan fingerprint density at radius 2 is 0.981 bits per heavy atom. The van der Waals surface area contributed by atoms with E-state index in [0.717, 1.165) is 39.5 Å². The first-order valence-corrected chi connectivity index (χ1v) is 18.2. The van der Waals surface area contributed by atoms with Crippen molar-refractivity contribution in [3.05, 3.63) is 182 Å². The van der Waals surface area contributed by atoms with Crippen LogP contribution in [0, 0.1) is 0 Å². The second kappa shape index (κ2) is 10.7. The van der Waals surface area contributed by atoms with Crippen molar-refractivity contribution in [2.45, 2.75) is 0 Å². The summed E-state index contributed by atoms with van der Waals surface area (Å²) in [7, 11) is 0. The standard InChI is InChI=1S/C50H30N2O/c1-2-13-35(14-3-1)51-43-19-8-6-15-37(43)38-25-22-33(28-44(38)51)34-23-26-41-45(29-34)52(36-24-21-31-11-4-5-12-32(31)27-36)46-30-48-50-40(17-10-18-42(50)49(41)46)39-16-7-9-20-47(39)53-48/h1-30H. The zero-order valence-corrected chi connectivity index (χ0v) is 28.6. The lowest BCUT2D eigenvalue weighted by molar-refractivity contribution is 0.487. The van der Waals surface area contributed by atoms with Gasteiger partial charge >= 0.3 is 0 Å². The van der Waals surface area contributed by atoms with Crippen LogP contribution in [0.2, 0.25) is 0 Å². The molecule has 9 aromatic carbocycles. The normalized spacial score (nSPS) is 12.3. The predicted octanol–water partition coefficient (Wildman–Crippen LogP) is 13.6. The van der Waals surface area contributed by atoms with E-state index in [4.69, 9.17) is 4.74 Å². The number of hydrogen-bond acceptors (Lipinski definition) is 1. The Kier molecular flexibility index (Phi) is 5.77. The van der Waals surface area contributed by atoms with E-state index in [0.29, 0.717) is 0 Å². The van der Waals surface area contributed by atoms with Crippen molar-refractivity contribution in [1.82, 2.24) is 9.13 Å². The maximum Gasteiger partial charge on any atom is 0.138 e. The van der Waals surface area contributed by atoms with Gasteiger partial charge in [0.05, 0.1) is 22.1 Å². The summed E-state index contributed by atoms with van der Waals surface area (Å²) < 4.78 is 11.5. The van der Waals surface area contributed by atoms with Crippen molar-refractivity contribution < 1.29 is 4.74 Å². The second-order valence-electron chi connectivity index (χ2n) is 14.1. The van der Waals surface area contributed by atoms with Gasteiger partial charge in [0.25, 0.3) is 0 Å². The third-order valence-corrected chi connectivity index (χ3v) is 11.3. The Labute approximate surface area is 305 Å². The summed E-state index contributed by atoms with van der Waals surface area (Å²) in [6, 6.07) is 66.0. The third kappa shape index (κ3) is 4.05. The smallest absolute Gasteiger partial charge is 0.138 e. The van der Waals surface area contributed by atoms with Gasteiger partial charge in [-0.15, -0.1) is 0 Å². The highest BCUT2D eigenvalue weighted by Crippen LogP contribution is 2.51. The van der Waals surface area contributed by atoms with Gasteiger partial charge < -0.3 is 13.9 Å². The minimum absolute atomic E-state index is 0.894. The molecule has 3 heteroatoms. The van der Waals surface area contributed by atoms with Crippen molar-refractivity contribution in [1.29, 1.82) is 0 Å². The number of aromatic nitrogens is 2. The molecule has 246 valence electrons. The summed E-state index contributed by atoms with van der Waals surface area (Å²) >= 11 is 0. The molecule has 0 saturated carbocycles. The Hall–Kier alpha value is -7.10. The highest BCUT2D eigenvalue weighted by molar-refractivity contribution is 6.26. The molecular weight excluding hydrogens is 645 g/mol. The number of rotatable bonds is 3. The SMILES string of the molecule is c1ccc(-n2c3ccccc3c3ccc(-c4ccc5c6c7cccc8c7c(cc6n(-c6ccc7ccccc7c6)c5c4)Oc4ccccc4-8)cc32)cc1. The van der Waals surface area contributed by atoms with Crippen LogP contribution in [0.5, 0.6) is 11.5 Å². The minimum Gasteiger partial charge on any atom is -0.456 e. The fourth-order valence-corrected chi connectivity index (χ4v) is 8.93. The van der Waals surface area contributed by atoms with E-state index in [-0.39, 0.29) is 0 Å². The lowest BCUT2D eigenvalue weighted by Gasteiger charge is -2.22. The van der Waals surface area contributed by atoms with Crippen molar-refractivity contribution in [2.75, 3.05) is 0 Å². The van der Waals surface area contributed by atoms with Gasteiger partial charge in [-0.1, -0.05) is 127 Å². The molecule has 0 aliphatic carbocycles. The molecule has 0 saturated heterocycles. The molecule has 0 radical (unpaired) electrons. The van der Waals surface area contributed by atoms with Crippen LogP contribution < -0.4 is 4.74 Å². The lowest BCUT2D eigenvalue weighted by Crippen LogP contribution is -1.99. The third-order valence-electron chi connectivity index (χ3n) is 11.3. The van der Waals surface area contributed by atoms with E-state index in [1.54, 1.807) is 0 Å². The van der Waals surface area contributed by atoms with Gasteiger partial charge in [-0.25, -0.2) is 0 Å². The molecule has 1 aliphatic heterocycles. The fraction of sp³-hybridized carbons (Fsp3) is 0. The Morgan fingerprint density at radius 3 is 1.87 bits per heavy atom. The molecule has 1 aliphatic rings. The van der Waals surface area contributed by atoms with Crippen molar-refractivity contribution in [3.8, 4) is 45.1 Å². The van der Waals surface area contributed by atoms with Crippen LogP contribution in [0.15, 0.2) is 182 Å². The van der Waals surface area contributed by atoms with E-state index in [2.05, 4.69) is 185 Å². The molecule has 0 N–H and O–H groups in total. The molecule has 11 aromatic rings. The molecule has 12 rings (SSSR count). The summed E-state index contributed by atoms with van der Waals surface area (Å²) in [4.78, 5) is 0. The second-order valence-corrected chi connectivity index (χ2v) is 14.1. The summed E-state index contributed by atoms with van der Waals surface area (Å²) in [6.07, 6.45) is 0. The molecule has 0 amide bonds. The van der Waals surface area contributed by atoms with Crippen LogP contribution in [0.25, 0.3) is 98.8 Å². The Balaban J connectivity index is 1.16. The van der Waals surface area contributed by atoms with Crippen LogP contribution in [0.4, 0.5) is 0 Å². The van der Waals surface area contributed by atoms with Gasteiger partial charge in [-0.3, -0.25) is 0 Å². The first-order chi connectivity index (χ1) is 26.3. The zero-order valence-electron chi connectivity index (χ0n) is 28.6. The monoisotopic (exact) mass is 674 g/mol. The topological polar surface area (TPSA) is 19.1 Å². The first-order valence-electron chi connectivity index (χ1n) is 18.2.